The van der Waals surface area contributed by atoms with Gasteiger partial charge in [-0.1, -0.05) is 5.16 Å². The average Bonchev–Trinajstić information content (AvgIpc) is 2.94. The first kappa shape index (κ1) is 11.2. The average molecular weight is 259 g/mol. The van der Waals surface area contributed by atoms with E-state index in [-0.39, 0.29) is 0 Å². The monoisotopic (exact) mass is 259 g/mol. The van der Waals surface area contributed by atoms with Crippen LogP contribution in [0.5, 0.6) is 0 Å². The molecule has 4 rings (SSSR count). The molecule has 6 heteroatoms. The van der Waals surface area contributed by atoms with Crippen LogP contribution < -0.4 is 0 Å². The van der Waals surface area contributed by atoms with Crippen LogP contribution in [0.2, 0.25) is 0 Å². The molecule has 6 nitrogen and oxygen atoms in total. The first-order valence-electron chi connectivity index (χ1n) is 6.83. The molecular weight excluding hydrogens is 242 g/mol. The summed E-state index contributed by atoms with van der Waals surface area (Å²) in [5.74, 6) is 2.18. The van der Waals surface area contributed by atoms with Gasteiger partial charge in [-0.25, -0.2) is 0 Å². The Balaban J connectivity index is 1.33. The van der Waals surface area contributed by atoms with Crippen molar-refractivity contribution in [2.75, 3.05) is 13.1 Å². The molecule has 2 aromatic heterocycles. The number of aryl methyl sites for hydroxylation is 1. The lowest BCUT2D eigenvalue weighted by atomic mass is 10.1. The highest BCUT2D eigenvalue weighted by molar-refractivity contribution is 5.04. The summed E-state index contributed by atoms with van der Waals surface area (Å²) in [6.45, 7) is 4.87. The standard InChI is InChI=1S/C13H17N5O/c1-9-4-14-18(5-9)11-6-17(7-11)8-12-15-13(19-16-12)10-2-3-10/h4-5,10-11H,2-3,6-8H2,1H3. The van der Waals surface area contributed by atoms with E-state index in [1.165, 1.54) is 18.4 Å². The van der Waals surface area contributed by atoms with E-state index in [1.807, 2.05) is 6.20 Å². The Morgan fingerprint density at radius 2 is 2.21 bits per heavy atom. The number of rotatable bonds is 4. The molecule has 2 aromatic rings. The zero-order chi connectivity index (χ0) is 12.8. The van der Waals surface area contributed by atoms with E-state index in [1.54, 1.807) is 0 Å². The molecule has 0 aromatic carbocycles. The summed E-state index contributed by atoms with van der Waals surface area (Å²) in [4.78, 5) is 6.78. The van der Waals surface area contributed by atoms with Crippen LogP contribution in [0.4, 0.5) is 0 Å². The fourth-order valence-corrected chi connectivity index (χ4v) is 2.50. The Bertz CT molecular complexity index is 579. The van der Waals surface area contributed by atoms with Crippen molar-refractivity contribution >= 4 is 0 Å². The Kier molecular flexibility index (Phi) is 2.44. The number of likely N-dealkylation sites (tertiary alicyclic amines) is 1. The third kappa shape index (κ3) is 2.16. The highest BCUT2D eigenvalue weighted by atomic mass is 16.5. The second kappa shape index (κ2) is 4.16. The molecule has 0 unspecified atom stereocenters. The van der Waals surface area contributed by atoms with Crippen LogP contribution in [0.15, 0.2) is 16.9 Å². The molecule has 1 aliphatic carbocycles. The number of nitrogens with zero attached hydrogens (tertiary/aromatic N) is 5. The topological polar surface area (TPSA) is 60.0 Å². The maximum Gasteiger partial charge on any atom is 0.229 e. The van der Waals surface area contributed by atoms with E-state index < -0.39 is 0 Å². The highest BCUT2D eigenvalue weighted by Crippen LogP contribution is 2.38. The lowest BCUT2D eigenvalue weighted by Gasteiger charge is -2.38. The van der Waals surface area contributed by atoms with Crippen LogP contribution in [-0.2, 0) is 6.54 Å². The molecule has 3 heterocycles. The van der Waals surface area contributed by atoms with Crippen molar-refractivity contribution < 1.29 is 4.52 Å². The molecule has 0 spiro atoms. The number of hydrogen-bond donors (Lipinski definition) is 0. The molecule has 1 saturated heterocycles. The Labute approximate surface area is 111 Å². The molecular formula is C13H17N5O. The van der Waals surface area contributed by atoms with Gasteiger partial charge in [0, 0.05) is 25.2 Å². The minimum Gasteiger partial charge on any atom is -0.339 e. The van der Waals surface area contributed by atoms with Crippen LogP contribution in [0.1, 0.15) is 42.1 Å². The van der Waals surface area contributed by atoms with E-state index in [9.17, 15) is 0 Å². The molecule has 0 amide bonds. The molecule has 1 saturated carbocycles. The fourth-order valence-electron chi connectivity index (χ4n) is 2.50. The largest absolute Gasteiger partial charge is 0.339 e. The van der Waals surface area contributed by atoms with Gasteiger partial charge in [-0.05, 0) is 25.3 Å². The molecule has 2 aliphatic rings. The normalized spacial score (nSPS) is 20.7. The van der Waals surface area contributed by atoms with Crippen molar-refractivity contribution in [2.45, 2.75) is 38.3 Å². The van der Waals surface area contributed by atoms with Crippen LogP contribution in [0.25, 0.3) is 0 Å². The van der Waals surface area contributed by atoms with E-state index in [2.05, 4.69) is 37.9 Å². The van der Waals surface area contributed by atoms with Gasteiger partial charge in [0.2, 0.25) is 5.89 Å². The summed E-state index contributed by atoms with van der Waals surface area (Å²) < 4.78 is 7.32. The first-order valence-corrected chi connectivity index (χ1v) is 6.83. The smallest absolute Gasteiger partial charge is 0.229 e. The first-order chi connectivity index (χ1) is 9.28. The summed E-state index contributed by atoms with van der Waals surface area (Å²) in [6, 6.07) is 0.489. The van der Waals surface area contributed by atoms with Crippen LogP contribution in [0.3, 0.4) is 0 Å². The van der Waals surface area contributed by atoms with E-state index >= 15 is 0 Å². The van der Waals surface area contributed by atoms with Crippen LogP contribution in [-0.4, -0.2) is 37.9 Å². The van der Waals surface area contributed by atoms with Gasteiger partial charge in [-0.15, -0.1) is 0 Å². The molecule has 100 valence electrons. The second-order valence-electron chi connectivity index (χ2n) is 5.67. The van der Waals surface area contributed by atoms with E-state index in [0.717, 1.165) is 31.3 Å². The molecule has 0 radical (unpaired) electrons. The van der Waals surface area contributed by atoms with Crippen molar-refractivity contribution in [3.8, 4) is 0 Å². The van der Waals surface area contributed by atoms with Gasteiger partial charge in [0.15, 0.2) is 5.82 Å². The number of aromatic nitrogens is 4. The highest BCUT2D eigenvalue weighted by Gasteiger charge is 2.32. The van der Waals surface area contributed by atoms with E-state index in [0.29, 0.717) is 12.0 Å². The minimum atomic E-state index is 0.489. The molecule has 0 bridgehead atoms. The van der Waals surface area contributed by atoms with Crippen LogP contribution in [0, 0.1) is 6.92 Å². The summed E-state index contributed by atoms with van der Waals surface area (Å²) in [7, 11) is 0. The zero-order valence-corrected chi connectivity index (χ0v) is 11.0. The Morgan fingerprint density at radius 3 is 2.89 bits per heavy atom. The summed E-state index contributed by atoms with van der Waals surface area (Å²) in [5, 5.41) is 8.41. The second-order valence-corrected chi connectivity index (χ2v) is 5.67. The number of hydrogen-bond acceptors (Lipinski definition) is 5. The molecule has 2 fully saturated rings. The van der Waals surface area contributed by atoms with Gasteiger partial charge < -0.3 is 4.52 Å². The SMILES string of the molecule is Cc1cnn(C2CN(Cc3noc(C4CC4)n3)C2)c1. The van der Waals surface area contributed by atoms with Crippen molar-refractivity contribution in [1.82, 2.24) is 24.8 Å². The maximum atomic E-state index is 5.27. The predicted octanol–water partition coefficient (Wildman–Crippen LogP) is 1.51. The summed E-state index contributed by atoms with van der Waals surface area (Å²) in [6.07, 6.45) is 6.41. The van der Waals surface area contributed by atoms with Crippen molar-refractivity contribution in [2.24, 2.45) is 0 Å². The van der Waals surface area contributed by atoms with Gasteiger partial charge in [0.1, 0.15) is 0 Å². The summed E-state index contributed by atoms with van der Waals surface area (Å²) >= 11 is 0. The quantitative estimate of drug-likeness (QED) is 0.833. The molecule has 0 atom stereocenters. The van der Waals surface area contributed by atoms with Gasteiger partial charge in [0.05, 0.1) is 18.8 Å². The Hall–Kier alpha value is -1.69. The lowest BCUT2D eigenvalue weighted by molar-refractivity contribution is 0.0872. The maximum absolute atomic E-state index is 5.27. The third-order valence-corrected chi connectivity index (χ3v) is 3.82. The Morgan fingerprint density at radius 1 is 1.37 bits per heavy atom. The van der Waals surface area contributed by atoms with Crippen molar-refractivity contribution in [3.63, 3.8) is 0 Å². The third-order valence-electron chi connectivity index (χ3n) is 3.82. The van der Waals surface area contributed by atoms with Gasteiger partial charge >= 0.3 is 0 Å². The lowest BCUT2D eigenvalue weighted by Crippen LogP contribution is -2.47. The predicted molar refractivity (Wildman–Crippen MR) is 67.6 cm³/mol. The minimum absolute atomic E-state index is 0.489. The van der Waals surface area contributed by atoms with Gasteiger partial charge in [-0.2, -0.15) is 10.1 Å². The van der Waals surface area contributed by atoms with Gasteiger partial charge in [-0.3, -0.25) is 9.58 Å². The van der Waals surface area contributed by atoms with Crippen molar-refractivity contribution in [3.05, 3.63) is 29.7 Å². The summed E-state index contributed by atoms with van der Waals surface area (Å²) in [5.41, 5.74) is 1.21. The van der Waals surface area contributed by atoms with Gasteiger partial charge in [0.25, 0.3) is 0 Å². The molecule has 1 aliphatic heterocycles. The molecule has 0 N–H and O–H groups in total. The molecule has 19 heavy (non-hydrogen) atoms. The zero-order valence-electron chi connectivity index (χ0n) is 11.0. The van der Waals surface area contributed by atoms with Crippen molar-refractivity contribution in [1.29, 1.82) is 0 Å². The van der Waals surface area contributed by atoms with Crippen LogP contribution >= 0.6 is 0 Å². The van der Waals surface area contributed by atoms with E-state index in [4.69, 9.17) is 4.52 Å². The fraction of sp³-hybridized carbons (Fsp3) is 0.615.